The van der Waals surface area contributed by atoms with Crippen LogP contribution < -0.4 is 0 Å². The van der Waals surface area contributed by atoms with Gasteiger partial charge in [-0.1, -0.05) is 5.92 Å². The van der Waals surface area contributed by atoms with E-state index in [9.17, 15) is 0 Å². The minimum atomic E-state index is -0.0536. The van der Waals surface area contributed by atoms with Crippen LogP contribution in [0.1, 0.15) is 19.8 Å². The van der Waals surface area contributed by atoms with Crippen molar-refractivity contribution in [2.45, 2.75) is 32.0 Å². The van der Waals surface area contributed by atoms with Crippen LogP contribution in [0.25, 0.3) is 0 Å². The molecule has 0 spiro atoms. The van der Waals surface area contributed by atoms with Crippen LogP contribution in [0.5, 0.6) is 0 Å². The van der Waals surface area contributed by atoms with E-state index in [4.69, 9.17) is 21.4 Å². The topological polar surface area (TPSA) is 49.7 Å². The lowest BCUT2D eigenvalue weighted by molar-refractivity contribution is 0.0347. The number of ether oxygens (including phenoxy) is 1. The highest BCUT2D eigenvalue weighted by atomic mass is 16.5. The van der Waals surface area contributed by atoms with Crippen molar-refractivity contribution >= 4 is 0 Å². The molecule has 0 aromatic heterocycles. The Morgan fingerprint density at radius 3 is 2.33 bits per heavy atom. The lowest BCUT2D eigenvalue weighted by atomic mass is 10.2. The normalized spacial score (nSPS) is 27.2. The molecule has 1 aliphatic heterocycles. The fourth-order valence-corrected chi connectivity index (χ4v) is 0.963. The highest BCUT2D eigenvalue weighted by Crippen LogP contribution is 2.17. The maximum atomic E-state index is 8.59. The summed E-state index contributed by atoms with van der Waals surface area (Å²) in [5.74, 6) is 2.49. The zero-order valence-electron chi connectivity index (χ0n) is 7.36. The zero-order valence-corrected chi connectivity index (χ0v) is 7.36. The van der Waals surface area contributed by atoms with Gasteiger partial charge in [0.2, 0.25) is 0 Å². The maximum absolute atomic E-state index is 8.59. The van der Waals surface area contributed by atoms with Crippen LogP contribution in [0.4, 0.5) is 0 Å². The molecule has 0 bridgehead atoms. The Balaban J connectivity index is 0.000000354. The highest BCUT2D eigenvalue weighted by molar-refractivity contribution is 4.97. The standard InChI is InChI=1S/C7H10O2.C2H6O/c1-2-6-3-4-7(5-8)9-6;1-2-3/h1,6-8H,3-5H2;3H,2H2,1H3/t6-,7-;/m1./s1. The van der Waals surface area contributed by atoms with Gasteiger partial charge in [-0.3, -0.25) is 0 Å². The van der Waals surface area contributed by atoms with E-state index in [1.54, 1.807) is 6.92 Å². The number of hydrogen-bond acceptors (Lipinski definition) is 3. The summed E-state index contributed by atoms with van der Waals surface area (Å²) in [5, 5.41) is 16.2. The predicted octanol–water partition coefficient (Wildman–Crippen LogP) is 0.158. The molecule has 12 heavy (non-hydrogen) atoms. The third-order valence-electron chi connectivity index (χ3n) is 1.50. The Kier molecular flexibility index (Phi) is 6.78. The van der Waals surface area contributed by atoms with Gasteiger partial charge in [0.25, 0.3) is 0 Å². The summed E-state index contributed by atoms with van der Waals surface area (Å²) in [6.07, 6.45) is 6.82. The summed E-state index contributed by atoms with van der Waals surface area (Å²) in [7, 11) is 0. The second-order valence-electron chi connectivity index (χ2n) is 2.49. The molecule has 1 rings (SSSR count). The van der Waals surface area contributed by atoms with E-state index in [0.717, 1.165) is 12.8 Å². The lowest BCUT2D eigenvalue weighted by Gasteiger charge is -2.04. The average molecular weight is 172 g/mol. The van der Waals surface area contributed by atoms with Gasteiger partial charge in [-0.15, -0.1) is 6.42 Å². The summed E-state index contributed by atoms with van der Waals surface area (Å²) in [6, 6.07) is 0. The van der Waals surface area contributed by atoms with Gasteiger partial charge in [0.1, 0.15) is 6.10 Å². The van der Waals surface area contributed by atoms with Gasteiger partial charge >= 0.3 is 0 Å². The largest absolute Gasteiger partial charge is 0.397 e. The fourth-order valence-electron chi connectivity index (χ4n) is 0.963. The summed E-state index contributed by atoms with van der Waals surface area (Å²) in [6.45, 7) is 2.03. The third kappa shape index (κ3) is 4.35. The molecule has 3 nitrogen and oxygen atoms in total. The van der Waals surface area contributed by atoms with Gasteiger partial charge in [0, 0.05) is 6.61 Å². The van der Waals surface area contributed by atoms with Gasteiger partial charge in [0.15, 0.2) is 0 Å². The number of hydrogen-bond donors (Lipinski definition) is 2. The van der Waals surface area contributed by atoms with E-state index >= 15 is 0 Å². The van der Waals surface area contributed by atoms with Gasteiger partial charge in [0.05, 0.1) is 12.7 Å². The van der Waals surface area contributed by atoms with Crippen molar-refractivity contribution in [2.24, 2.45) is 0 Å². The van der Waals surface area contributed by atoms with Crippen LogP contribution in [-0.2, 0) is 4.74 Å². The van der Waals surface area contributed by atoms with Crippen molar-refractivity contribution in [3.63, 3.8) is 0 Å². The third-order valence-corrected chi connectivity index (χ3v) is 1.50. The quantitative estimate of drug-likeness (QED) is 0.554. The van der Waals surface area contributed by atoms with E-state index in [2.05, 4.69) is 5.92 Å². The predicted molar refractivity (Wildman–Crippen MR) is 46.6 cm³/mol. The fraction of sp³-hybridized carbons (Fsp3) is 0.778. The van der Waals surface area contributed by atoms with Gasteiger partial charge in [-0.05, 0) is 19.8 Å². The smallest absolute Gasteiger partial charge is 0.118 e. The van der Waals surface area contributed by atoms with E-state index in [-0.39, 0.29) is 25.4 Å². The molecule has 2 atom stereocenters. The molecule has 0 unspecified atom stereocenters. The first kappa shape index (κ1) is 11.4. The highest BCUT2D eigenvalue weighted by Gasteiger charge is 2.22. The minimum absolute atomic E-state index is 0.00829. The Morgan fingerprint density at radius 1 is 1.50 bits per heavy atom. The van der Waals surface area contributed by atoms with Crippen molar-refractivity contribution < 1.29 is 14.9 Å². The molecule has 1 fully saturated rings. The van der Waals surface area contributed by atoms with E-state index in [1.165, 1.54) is 0 Å². The molecule has 1 heterocycles. The molecule has 0 saturated carbocycles. The number of aliphatic hydroxyl groups excluding tert-OH is 2. The molecule has 1 aliphatic rings. The molecular formula is C9H16O3. The second-order valence-corrected chi connectivity index (χ2v) is 2.49. The molecule has 0 amide bonds. The number of rotatable bonds is 1. The Labute approximate surface area is 73.4 Å². The summed E-state index contributed by atoms with van der Waals surface area (Å²) < 4.78 is 5.17. The number of terminal acetylenes is 1. The number of aliphatic hydroxyl groups is 2. The van der Waals surface area contributed by atoms with Crippen molar-refractivity contribution in [2.75, 3.05) is 13.2 Å². The molecule has 0 aromatic rings. The first-order chi connectivity index (χ1) is 5.78. The van der Waals surface area contributed by atoms with Crippen LogP contribution in [-0.4, -0.2) is 35.6 Å². The Hall–Kier alpha value is -0.560. The van der Waals surface area contributed by atoms with E-state index < -0.39 is 0 Å². The molecule has 0 aromatic carbocycles. The van der Waals surface area contributed by atoms with Crippen molar-refractivity contribution in [1.82, 2.24) is 0 Å². The molecule has 3 heteroatoms. The lowest BCUT2D eigenvalue weighted by Crippen LogP contribution is -2.12. The monoisotopic (exact) mass is 172 g/mol. The molecule has 0 aliphatic carbocycles. The van der Waals surface area contributed by atoms with Crippen LogP contribution in [0, 0.1) is 12.3 Å². The van der Waals surface area contributed by atoms with Gasteiger partial charge in [-0.25, -0.2) is 0 Å². The van der Waals surface area contributed by atoms with E-state index in [1.807, 2.05) is 0 Å². The Morgan fingerprint density at radius 2 is 2.08 bits per heavy atom. The van der Waals surface area contributed by atoms with Crippen molar-refractivity contribution in [3.8, 4) is 12.3 Å². The van der Waals surface area contributed by atoms with E-state index in [0.29, 0.717) is 0 Å². The minimum Gasteiger partial charge on any atom is -0.397 e. The Bertz CT molecular complexity index is 139. The van der Waals surface area contributed by atoms with Crippen LogP contribution in [0.15, 0.2) is 0 Å². The molecular weight excluding hydrogens is 156 g/mol. The molecule has 1 saturated heterocycles. The van der Waals surface area contributed by atoms with Crippen LogP contribution >= 0.6 is 0 Å². The van der Waals surface area contributed by atoms with Gasteiger partial charge < -0.3 is 14.9 Å². The summed E-state index contributed by atoms with van der Waals surface area (Å²) >= 11 is 0. The second kappa shape index (κ2) is 7.11. The first-order valence-electron chi connectivity index (χ1n) is 4.11. The van der Waals surface area contributed by atoms with Gasteiger partial charge in [-0.2, -0.15) is 0 Å². The van der Waals surface area contributed by atoms with Crippen molar-refractivity contribution in [3.05, 3.63) is 0 Å². The first-order valence-corrected chi connectivity index (χ1v) is 4.11. The van der Waals surface area contributed by atoms with Crippen LogP contribution in [0.2, 0.25) is 0 Å². The zero-order chi connectivity index (χ0) is 9.40. The van der Waals surface area contributed by atoms with Crippen LogP contribution in [0.3, 0.4) is 0 Å². The summed E-state index contributed by atoms with van der Waals surface area (Å²) in [4.78, 5) is 0. The molecule has 2 N–H and O–H groups in total. The molecule has 0 radical (unpaired) electrons. The van der Waals surface area contributed by atoms with Crippen molar-refractivity contribution in [1.29, 1.82) is 0 Å². The molecule has 70 valence electrons. The summed E-state index contributed by atoms with van der Waals surface area (Å²) in [5.41, 5.74) is 0. The maximum Gasteiger partial charge on any atom is 0.118 e. The SMILES string of the molecule is C#C[C@@H]1CC[C@H](CO)O1.CCO. The average Bonchev–Trinajstić information content (AvgIpc) is 2.53.